The number of hydrogen-bond acceptors (Lipinski definition) is 10. The van der Waals surface area contributed by atoms with Crippen molar-refractivity contribution in [2.24, 2.45) is 4.99 Å². The van der Waals surface area contributed by atoms with Crippen molar-refractivity contribution in [1.82, 2.24) is 35.9 Å². The molecule has 1 saturated heterocycles. The fraction of sp³-hybridized carbons (Fsp3) is 0.312. The molecule has 0 radical (unpaired) electrons. The van der Waals surface area contributed by atoms with E-state index >= 15 is 0 Å². The number of amides is 1. The summed E-state index contributed by atoms with van der Waals surface area (Å²) >= 11 is 14.0. The number of hydrogen-bond donors (Lipinski definition) is 3. The van der Waals surface area contributed by atoms with E-state index in [-0.39, 0.29) is 18.0 Å². The van der Waals surface area contributed by atoms with E-state index < -0.39 is 0 Å². The van der Waals surface area contributed by atoms with Gasteiger partial charge in [-0.15, -0.1) is 0 Å². The molecule has 4 heterocycles. The fourth-order valence-corrected chi connectivity index (χ4v) is 6.03. The Bertz CT molecular complexity index is 1780. The molecule has 2 atom stereocenters. The second-order valence-corrected chi connectivity index (χ2v) is 11.6. The van der Waals surface area contributed by atoms with Gasteiger partial charge in [0.1, 0.15) is 5.69 Å². The molecule has 0 unspecified atom stereocenters. The van der Waals surface area contributed by atoms with Crippen LogP contribution in [-0.2, 0) is 11.3 Å². The molecule has 6 rings (SSSR count). The van der Waals surface area contributed by atoms with Crippen LogP contribution in [0.3, 0.4) is 0 Å². The molecule has 2 aromatic heterocycles. The molecule has 1 amide bonds. The second kappa shape index (κ2) is 13.4. The Hall–Kier alpha value is -4.32. The van der Waals surface area contributed by atoms with Crippen LogP contribution in [0.5, 0.6) is 11.8 Å². The Morgan fingerprint density at radius 3 is 2.09 bits per heavy atom. The summed E-state index contributed by atoms with van der Waals surface area (Å²) in [5, 5.41) is 10.5. The summed E-state index contributed by atoms with van der Waals surface area (Å²) in [5.41, 5.74) is 5.12. The number of halogens is 2. The fourth-order valence-electron chi connectivity index (χ4n) is 5.39. The normalized spacial score (nSPS) is 17.5. The first-order valence-electron chi connectivity index (χ1n) is 14.6. The van der Waals surface area contributed by atoms with E-state index in [4.69, 9.17) is 42.6 Å². The smallest absolute Gasteiger partial charge is 0.244 e. The van der Waals surface area contributed by atoms with Crippen LogP contribution >= 0.6 is 23.2 Å². The lowest BCUT2D eigenvalue weighted by molar-refractivity contribution is -0.119. The van der Waals surface area contributed by atoms with Gasteiger partial charge in [0, 0.05) is 53.8 Å². The highest BCUT2D eigenvalue weighted by Gasteiger charge is 2.23. The zero-order chi connectivity index (χ0) is 31.5. The number of benzene rings is 2. The second-order valence-electron chi connectivity index (χ2n) is 10.8. The van der Waals surface area contributed by atoms with Gasteiger partial charge < -0.3 is 25.4 Å². The van der Waals surface area contributed by atoms with Crippen LogP contribution in [-0.4, -0.2) is 71.1 Å². The number of nitrogens with zero attached hydrogens (tertiary/aromatic N) is 5. The molecule has 13 heteroatoms. The maximum Gasteiger partial charge on any atom is 0.244 e. The highest BCUT2D eigenvalue weighted by molar-refractivity contribution is 6.39. The van der Waals surface area contributed by atoms with Crippen molar-refractivity contribution in [2.75, 3.05) is 27.3 Å². The van der Waals surface area contributed by atoms with Crippen LogP contribution < -0.4 is 25.4 Å². The van der Waals surface area contributed by atoms with Crippen molar-refractivity contribution < 1.29 is 14.3 Å². The lowest BCUT2D eigenvalue weighted by Crippen LogP contribution is -2.35. The maximum atomic E-state index is 11.5. The van der Waals surface area contributed by atoms with E-state index in [2.05, 4.69) is 30.9 Å². The summed E-state index contributed by atoms with van der Waals surface area (Å²) in [4.78, 5) is 34.6. The molecule has 3 N–H and O–H groups in total. The van der Waals surface area contributed by atoms with E-state index in [1.54, 1.807) is 26.6 Å². The average molecular weight is 648 g/mol. The summed E-state index contributed by atoms with van der Waals surface area (Å²) in [6, 6.07) is 11.7. The van der Waals surface area contributed by atoms with Gasteiger partial charge in [0.05, 0.1) is 54.6 Å². The number of methoxy groups -OCH3 is 2. The minimum atomic E-state index is 0.0843. The van der Waals surface area contributed by atoms with Crippen molar-refractivity contribution >= 4 is 34.9 Å². The van der Waals surface area contributed by atoms with E-state index in [9.17, 15) is 4.79 Å². The standard InChI is InChI=1S/C32H32Cl2N8O3/c1-17-12-38-30(39-17)29-32(45-3)42-24(16-37-29)22-9-5-7-20(28(22)34)19-6-4-8-21(27(19)33)23-15-36-25(31(41-23)44-2)14-35-13-18-10-11-26(43)40-18/h4-9,15-18,35H,10-14H2,1-3H3,(H,38,39)(H,40,43)/t17-,18-/m0/s1. The molecule has 2 aliphatic heterocycles. The summed E-state index contributed by atoms with van der Waals surface area (Å²) in [6.45, 7) is 3.80. The molecule has 45 heavy (non-hydrogen) atoms. The van der Waals surface area contributed by atoms with Gasteiger partial charge in [-0.25, -0.2) is 15.0 Å². The third-order valence-electron chi connectivity index (χ3n) is 7.68. The van der Waals surface area contributed by atoms with Gasteiger partial charge in [0.15, 0.2) is 11.5 Å². The van der Waals surface area contributed by atoms with Crippen molar-refractivity contribution in [1.29, 1.82) is 0 Å². The molecule has 0 spiro atoms. The predicted molar refractivity (Wildman–Crippen MR) is 174 cm³/mol. The van der Waals surface area contributed by atoms with Crippen molar-refractivity contribution in [2.45, 2.75) is 38.4 Å². The van der Waals surface area contributed by atoms with Crippen molar-refractivity contribution in [3.05, 3.63) is 70.2 Å². The van der Waals surface area contributed by atoms with Crippen molar-refractivity contribution in [3.8, 4) is 45.4 Å². The Morgan fingerprint density at radius 2 is 1.51 bits per heavy atom. The average Bonchev–Trinajstić information content (AvgIpc) is 3.68. The van der Waals surface area contributed by atoms with Gasteiger partial charge in [0.25, 0.3) is 0 Å². The SMILES string of the molecule is COc1nc(-c2cccc(-c3cccc(-c4cnc(C5=NC[C@H](C)N5)c(OC)n4)c3Cl)c2Cl)cnc1CNC[C@@H]1CCC(=O)N1. The largest absolute Gasteiger partial charge is 0.480 e. The summed E-state index contributed by atoms with van der Waals surface area (Å²) in [6.07, 6.45) is 4.71. The molecule has 2 aromatic carbocycles. The van der Waals surface area contributed by atoms with Crippen LogP contribution in [0.2, 0.25) is 10.0 Å². The molecule has 0 aliphatic carbocycles. The Morgan fingerprint density at radius 1 is 0.889 bits per heavy atom. The molecule has 232 valence electrons. The number of rotatable bonds is 10. The molecule has 0 bridgehead atoms. The van der Waals surface area contributed by atoms with E-state index in [0.29, 0.717) is 87.6 Å². The van der Waals surface area contributed by atoms with Gasteiger partial charge in [-0.1, -0.05) is 59.6 Å². The molecule has 11 nitrogen and oxygen atoms in total. The molecule has 1 fully saturated rings. The zero-order valence-electron chi connectivity index (χ0n) is 25.0. The molecule has 2 aliphatic rings. The van der Waals surface area contributed by atoms with Gasteiger partial charge in [0.2, 0.25) is 17.7 Å². The van der Waals surface area contributed by atoms with Gasteiger partial charge in [-0.05, 0) is 13.3 Å². The third-order valence-corrected chi connectivity index (χ3v) is 8.49. The van der Waals surface area contributed by atoms with Crippen LogP contribution in [0.1, 0.15) is 31.2 Å². The van der Waals surface area contributed by atoms with Gasteiger partial charge >= 0.3 is 0 Å². The summed E-state index contributed by atoms with van der Waals surface area (Å²) < 4.78 is 11.1. The monoisotopic (exact) mass is 646 g/mol. The Labute approximate surface area is 270 Å². The highest BCUT2D eigenvalue weighted by Crippen LogP contribution is 2.42. The van der Waals surface area contributed by atoms with Gasteiger partial charge in [-0.2, -0.15) is 0 Å². The minimum Gasteiger partial charge on any atom is -0.480 e. The van der Waals surface area contributed by atoms with E-state index in [1.807, 2.05) is 43.3 Å². The van der Waals surface area contributed by atoms with Crippen LogP contribution in [0.25, 0.3) is 33.6 Å². The van der Waals surface area contributed by atoms with E-state index in [0.717, 1.165) is 17.5 Å². The molecular formula is C32H32Cl2N8O3. The number of nitrogens with one attached hydrogen (secondary N) is 3. The van der Waals surface area contributed by atoms with Crippen LogP contribution in [0.15, 0.2) is 53.8 Å². The lowest BCUT2D eigenvalue weighted by atomic mass is 9.98. The van der Waals surface area contributed by atoms with Gasteiger partial charge in [-0.3, -0.25) is 14.8 Å². The topological polar surface area (TPSA) is 136 Å². The van der Waals surface area contributed by atoms with E-state index in [1.165, 1.54) is 0 Å². The molecule has 0 saturated carbocycles. The first-order valence-corrected chi connectivity index (χ1v) is 15.3. The maximum absolute atomic E-state index is 11.5. The third kappa shape index (κ3) is 6.42. The highest BCUT2D eigenvalue weighted by atomic mass is 35.5. The number of aliphatic imine (C=N–C) groups is 1. The number of ether oxygens (including phenoxy) is 2. The quantitative estimate of drug-likeness (QED) is 0.224. The van der Waals surface area contributed by atoms with Crippen molar-refractivity contribution in [3.63, 3.8) is 0 Å². The molecular weight excluding hydrogens is 615 g/mol. The zero-order valence-corrected chi connectivity index (χ0v) is 26.5. The lowest BCUT2D eigenvalue weighted by Gasteiger charge is -2.15. The minimum absolute atomic E-state index is 0.0843. The summed E-state index contributed by atoms with van der Waals surface area (Å²) in [7, 11) is 3.11. The number of aromatic nitrogens is 4. The molecule has 4 aromatic rings. The van der Waals surface area contributed by atoms with Crippen LogP contribution in [0, 0.1) is 0 Å². The number of carbonyl (C=O) groups excluding carboxylic acids is 1. The first kappa shape index (κ1) is 30.7. The Kier molecular flexibility index (Phi) is 9.11. The Balaban J connectivity index is 1.27. The first-order chi connectivity index (χ1) is 21.9. The number of carbonyl (C=O) groups is 1. The summed E-state index contributed by atoms with van der Waals surface area (Å²) in [5.74, 6) is 1.48. The predicted octanol–water partition coefficient (Wildman–Crippen LogP) is 4.70. The number of amidine groups is 1. The van der Waals surface area contributed by atoms with Crippen LogP contribution in [0.4, 0.5) is 0 Å².